The Morgan fingerprint density at radius 1 is 1.19 bits per heavy atom. The lowest BCUT2D eigenvalue weighted by molar-refractivity contribution is 0.301. The molecule has 0 atom stereocenters. The van der Waals surface area contributed by atoms with Gasteiger partial charge in [-0.15, -0.1) is 0 Å². The number of benzene rings is 1. The molecule has 0 amide bonds. The maximum Gasteiger partial charge on any atom is 0.250 e. The van der Waals surface area contributed by atoms with Crippen LogP contribution in [-0.2, 0) is 0 Å². The van der Waals surface area contributed by atoms with E-state index in [0.29, 0.717) is 35.1 Å². The maximum atomic E-state index is 5.88. The number of halogens is 1. The Hall–Kier alpha value is -2.34. The van der Waals surface area contributed by atoms with E-state index in [4.69, 9.17) is 21.1 Å². The third kappa shape index (κ3) is 2.90. The van der Waals surface area contributed by atoms with Crippen LogP contribution < -0.4 is 9.47 Å². The first kappa shape index (κ1) is 13.6. The van der Waals surface area contributed by atoms with E-state index in [1.807, 2.05) is 31.2 Å². The molecule has 6 nitrogen and oxygen atoms in total. The van der Waals surface area contributed by atoms with Crippen molar-refractivity contribution < 1.29 is 9.47 Å². The summed E-state index contributed by atoms with van der Waals surface area (Å²) in [6.45, 7) is 2.66. The van der Waals surface area contributed by atoms with Gasteiger partial charge in [0, 0.05) is 0 Å². The molecule has 0 saturated carbocycles. The van der Waals surface area contributed by atoms with Crippen molar-refractivity contribution in [1.29, 1.82) is 0 Å². The Labute approximate surface area is 126 Å². The van der Waals surface area contributed by atoms with Crippen LogP contribution in [0.4, 0.5) is 0 Å². The van der Waals surface area contributed by atoms with Gasteiger partial charge in [-0.05, 0) is 30.2 Å². The molecule has 0 aliphatic carbocycles. The van der Waals surface area contributed by atoms with E-state index in [0.717, 1.165) is 6.42 Å². The standard InChI is InChI=1S/C14H13ClN4O2/c1-2-7-20-9-5-3-4-6-10(9)21-13-11-12(17-8-16-11)18-14(15)19-13/h3-6,8H,2,7H2,1H3,(H,16,17,18,19). The van der Waals surface area contributed by atoms with E-state index in [-0.39, 0.29) is 5.28 Å². The normalized spacial score (nSPS) is 10.8. The lowest BCUT2D eigenvalue weighted by Crippen LogP contribution is -1.98. The third-order valence-corrected chi connectivity index (χ3v) is 2.91. The van der Waals surface area contributed by atoms with Crippen LogP contribution in [0.2, 0.25) is 5.28 Å². The summed E-state index contributed by atoms with van der Waals surface area (Å²) in [5, 5.41) is 0.0801. The van der Waals surface area contributed by atoms with Crippen molar-refractivity contribution in [3.05, 3.63) is 35.9 Å². The van der Waals surface area contributed by atoms with E-state index in [9.17, 15) is 0 Å². The number of nitrogens with one attached hydrogen (secondary N) is 1. The molecule has 108 valence electrons. The minimum Gasteiger partial charge on any atom is -0.490 e. The summed E-state index contributed by atoms with van der Waals surface area (Å²) < 4.78 is 11.5. The van der Waals surface area contributed by atoms with Crippen LogP contribution in [0.5, 0.6) is 17.4 Å². The molecule has 0 fully saturated rings. The third-order valence-electron chi connectivity index (χ3n) is 2.74. The smallest absolute Gasteiger partial charge is 0.250 e. The van der Waals surface area contributed by atoms with E-state index in [1.54, 1.807) is 0 Å². The van der Waals surface area contributed by atoms with Gasteiger partial charge >= 0.3 is 0 Å². The van der Waals surface area contributed by atoms with Gasteiger partial charge in [-0.3, -0.25) is 0 Å². The van der Waals surface area contributed by atoms with Gasteiger partial charge in [0.2, 0.25) is 11.2 Å². The van der Waals surface area contributed by atoms with Gasteiger partial charge in [-0.25, -0.2) is 4.98 Å². The van der Waals surface area contributed by atoms with Gasteiger partial charge < -0.3 is 14.5 Å². The van der Waals surface area contributed by atoms with Gasteiger partial charge in [0.25, 0.3) is 0 Å². The monoisotopic (exact) mass is 304 g/mol. The highest BCUT2D eigenvalue weighted by molar-refractivity contribution is 6.28. The van der Waals surface area contributed by atoms with Gasteiger partial charge in [-0.1, -0.05) is 19.1 Å². The summed E-state index contributed by atoms with van der Waals surface area (Å²) in [7, 11) is 0. The second-order valence-corrected chi connectivity index (χ2v) is 4.63. The van der Waals surface area contributed by atoms with Gasteiger partial charge in [-0.2, -0.15) is 9.97 Å². The minimum atomic E-state index is 0.0801. The van der Waals surface area contributed by atoms with Crippen molar-refractivity contribution in [2.45, 2.75) is 13.3 Å². The zero-order valence-electron chi connectivity index (χ0n) is 11.3. The molecule has 0 aliphatic heterocycles. The fourth-order valence-electron chi connectivity index (χ4n) is 1.83. The summed E-state index contributed by atoms with van der Waals surface area (Å²) >= 11 is 5.88. The molecular weight excluding hydrogens is 292 g/mol. The van der Waals surface area contributed by atoms with Crippen molar-refractivity contribution in [1.82, 2.24) is 19.9 Å². The van der Waals surface area contributed by atoms with E-state index < -0.39 is 0 Å². The zero-order chi connectivity index (χ0) is 14.7. The van der Waals surface area contributed by atoms with Crippen molar-refractivity contribution in [3.8, 4) is 17.4 Å². The predicted molar refractivity (Wildman–Crippen MR) is 79.0 cm³/mol. The summed E-state index contributed by atoms with van der Waals surface area (Å²) in [5.74, 6) is 1.54. The number of imidazole rings is 1. The highest BCUT2D eigenvalue weighted by Crippen LogP contribution is 2.33. The molecule has 7 heteroatoms. The molecule has 21 heavy (non-hydrogen) atoms. The number of ether oxygens (including phenoxy) is 2. The summed E-state index contributed by atoms with van der Waals surface area (Å²) in [6.07, 6.45) is 2.43. The molecule has 0 bridgehead atoms. The largest absolute Gasteiger partial charge is 0.490 e. The molecule has 0 unspecified atom stereocenters. The Morgan fingerprint density at radius 2 is 2.00 bits per heavy atom. The number of H-pyrrole nitrogens is 1. The van der Waals surface area contributed by atoms with Crippen molar-refractivity contribution in [3.63, 3.8) is 0 Å². The second kappa shape index (κ2) is 5.97. The van der Waals surface area contributed by atoms with Crippen LogP contribution >= 0.6 is 11.6 Å². The van der Waals surface area contributed by atoms with Crippen LogP contribution in [0.1, 0.15) is 13.3 Å². The Morgan fingerprint density at radius 3 is 2.81 bits per heavy atom. The second-order valence-electron chi connectivity index (χ2n) is 4.30. The maximum absolute atomic E-state index is 5.88. The lowest BCUT2D eigenvalue weighted by Gasteiger charge is -2.11. The van der Waals surface area contributed by atoms with Gasteiger partial charge in [0.15, 0.2) is 17.1 Å². The average molecular weight is 305 g/mol. The first-order valence-electron chi connectivity index (χ1n) is 6.54. The Kier molecular flexibility index (Phi) is 3.87. The van der Waals surface area contributed by atoms with Crippen molar-refractivity contribution >= 4 is 22.8 Å². The Balaban J connectivity index is 1.97. The SMILES string of the molecule is CCCOc1ccccc1Oc1nc(Cl)nc2nc[nH]c12. The summed E-state index contributed by atoms with van der Waals surface area (Å²) in [5.41, 5.74) is 1.04. The fourth-order valence-corrected chi connectivity index (χ4v) is 1.98. The van der Waals surface area contributed by atoms with Crippen LogP contribution in [0, 0.1) is 0 Å². The van der Waals surface area contributed by atoms with E-state index in [1.165, 1.54) is 6.33 Å². The molecule has 1 aromatic carbocycles. The first-order chi connectivity index (χ1) is 10.3. The number of rotatable bonds is 5. The van der Waals surface area contributed by atoms with Gasteiger partial charge in [0.05, 0.1) is 12.9 Å². The average Bonchev–Trinajstić information content (AvgIpc) is 2.94. The number of hydrogen-bond donors (Lipinski definition) is 1. The summed E-state index contributed by atoms with van der Waals surface area (Å²) in [4.78, 5) is 15.1. The molecule has 3 rings (SSSR count). The van der Waals surface area contributed by atoms with E-state index >= 15 is 0 Å². The molecule has 2 aromatic heterocycles. The number of fused-ring (bicyclic) bond motifs is 1. The molecule has 0 spiro atoms. The van der Waals surface area contributed by atoms with Crippen LogP contribution in [0.3, 0.4) is 0 Å². The Bertz CT molecular complexity index is 760. The van der Waals surface area contributed by atoms with Crippen LogP contribution in [-0.4, -0.2) is 26.5 Å². The minimum absolute atomic E-state index is 0.0801. The number of para-hydroxylation sites is 2. The quantitative estimate of drug-likeness (QED) is 0.729. The highest BCUT2D eigenvalue weighted by atomic mass is 35.5. The van der Waals surface area contributed by atoms with Crippen LogP contribution in [0.25, 0.3) is 11.2 Å². The van der Waals surface area contributed by atoms with E-state index in [2.05, 4.69) is 19.9 Å². The zero-order valence-corrected chi connectivity index (χ0v) is 12.1. The fraction of sp³-hybridized carbons (Fsp3) is 0.214. The number of hydrogen-bond acceptors (Lipinski definition) is 5. The molecule has 0 radical (unpaired) electrons. The summed E-state index contributed by atoms with van der Waals surface area (Å²) in [6, 6.07) is 7.40. The molecule has 0 saturated heterocycles. The molecule has 0 aliphatic rings. The first-order valence-corrected chi connectivity index (χ1v) is 6.92. The predicted octanol–water partition coefficient (Wildman–Crippen LogP) is 3.59. The van der Waals surface area contributed by atoms with Crippen LogP contribution in [0.15, 0.2) is 30.6 Å². The molecular formula is C14H13ClN4O2. The topological polar surface area (TPSA) is 72.9 Å². The van der Waals surface area contributed by atoms with Crippen molar-refractivity contribution in [2.24, 2.45) is 0 Å². The number of aromatic nitrogens is 4. The number of aromatic amines is 1. The highest BCUT2D eigenvalue weighted by Gasteiger charge is 2.13. The number of nitrogens with zero attached hydrogens (tertiary/aromatic N) is 3. The lowest BCUT2D eigenvalue weighted by atomic mass is 10.3. The molecule has 1 N–H and O–H groups in total. The molecule has 3 aromatic rings. The van der Waals surface area contributed by atoms with Crippen molar-refractivity contribution in [2.75, 3.05) is 6.61 Å². The molecule has 2 heterocycles. The van der Waals surface area contributed by atoms with Gasteiger partial charge in [0.1, 0.15) is 5.52 Å².